The van der Waals surface area contributed by atoms with Crippen LogP contribution in [0.25, 0.3) is 16.7 Å². The minimum atomic E-state index is -0.465. The number of benzene rings is 5. The lowest BCUT2D eigenvalue weighted by molar-refractivity contribution is 0.445. The maximum Gasteiger partial charge on any atom is 0.147 e. The predicted octanol–water partition coefficient (Wildman–Crippen LogP) is 8.93. The number of nitrogens with zero attached hydrogens (tertiary/aromatic N) is 3. The van der Waals surface area contributed by atoms with E-state index in [0.717, 1.165) is 27.7 Å². The van der Waals surface area contributed by atoms with Gasteiger partial charge in [-0.05, 0) is 46.0 Å². The molecular formula is C38H37N3O. The van der Waals surface area contributed by atoms with Crippen molar-refractivity contribution in [3.05, 3.63) is 155 Å². The Morgan fingerprint density at radius 2 is 1.12 bits per heavy atom. The summed E-state index contributed by atoms with van der Waals surface area (Å²) in [6, 6.07) is 41.8. The van der Waals surface area contributed by atoms with E-state index in [1.54, 1.807) is 4.80 Å². The van der Waals surface area contributed by atoms with Crippen molar-refractivity contribution in [1.29, 1.82) is 0 Å². The monoisotopic (exact) mass is 551 g/mol. The Balaban J connectivity index is 1.52. The normalized spacial score (nSPS) is 12.9. The van der Waals surface area contributed by atoms with Gasteiger partial charge in [-0.3, -0.25) is 0 Å². The SMILES string of the molecule is CC(c1ccccc1)c1ccc2nn(-c3cc(C(C)(C)c4ccccc4)cc(C(C)(C)c4ccccc4)c3O)nc2c1. The molecular weight excluding hydrogens is 514 g/mol. The van der Waals surface area contributed by atoms with Gasteiger partial charge < -0.3 is 5.11 Å². The van der Waals surface area contributed by atoms with Crippen molar-refractivity contribution >= 4 is 11.0 Å². The summed E-state index contributed by atoms with van der Waals surface area (Å²) in [6.45, 7) is 11.0. The zero-order valence-corrected chi connectivity index (χ0v) is 24.9. The Morgan fingerprint density at radius 3 is 1.74 bits per heavy atom. The first-order valence-corrected chi connectivity index (χ1v) is 14.6. The van der Waals surface area contributed by atoms with Crippen LogP contribution in [0.15, 0.2) is 121 Å². The van der Waals surface area contributed by atoms with Gasteiger partial charge in [-0.15, -0.1) is 15.0 Å². The molecule has 0 spiro atoms. The fourth-order valence-corrected chi connectivity index (χ4v) is 5.88. The van der Waals surface area contributed by atoms with E-state index in [0.29, 0.717) is 5.69 Å². The number of hydrogen-bond acceptors (Lipinski definition) is 3. The van der Waals surface area contributed by atoms with Gasteiger partial charge in [0.1, 0.15) is 22.5 Å². The van der Waals surface area contributed by atoms with E-state index in [-0.39, 0.29) is 17.1 Å². The first-order valence-electron chi connectivity index (χ1n) is 14.6. The molecule has 0 saturated heterocycles. The van der Waals surface area contributed by atoms with Crippen molar-refractivity contribution in [3.63, 3.8) is 0 Å². The van der Waals surface area contributed by atoms with Crippen LogP contribution in [0.5, 0.6) is 5.75 Å². The average molecular weight is 552 g/mol. The highest BCUT2D eigenvalue weighted by Crippen LogP contribution is 2.44. The standard InChI is InChI=1S/C38H37N3O/c1-26(27-15-9-6-10-16-27)28-21-22-33-34(23-28)40-41(39-33)35-25-31(37(2,3)29-17-11-7-12-18-29)24-32(36(35)42)38(4,5)30-19-13-8-14-20-30/h6-26,42H,1-5H3. The molecule has 0 aliphatic rings. The molecule has 6 rings (SSSR count). The molecule has 210 valence electrons. The Hall–Kier alpha value is -4.70. The van der Waals surface area contributed by atoms with Crippen LogP contribution in [0.4, 0.5) is 0 Å². The maximum atomic E-state index is 11.9. The minimum absolute atomic E-state index is 0.189. The summed E-state index contributed by atoms with van der Waals surface area (Å²) in [5.41, 5.74) is 8.04. The second kappa shape index (κ2) is 10.6. The number of hydrogen-bond donors (Lipinski definition) is 1. The fourth-order valence-electron chi connectivity index (χ4n) is 5.88. The summed E-state index contributed by atoms with van der Waals surface area (Å²) >= 11 is 0. The summed E-state index contributed by atoms with van der Waals surface area (Å²) in [5.74, 6) is 0.414. The van der Waals surface area contributed by atoms with Gasteiger partial charge in [-0.25, -0.2) is 0 Å². The Morgan fingerprint density at radius 1 is 0.571 bits per heavy atom. The van der Waals surface area contributed by atoms with E-state index in [4.69, 9.17) is 10.2 Å². The maximum absolute atomic E-state index is 11.9. The number of rotatable bonds is 7. The van der Waals surface area contributed by atoms with Crippen molar-refractivity contribution in [3.8, 4) is 11.4 Å². The molecule has 0 aliphatic carbocycles. The molecule has 1 N–H and O–H groups in total. The number of aromatic hydroxyl groups is 1. The largest absolute Gasteiger partial charge is 0.505 e. The van der Waals surface area contributed by atoms with Gasteiger partial charge in [0.05, 0.1) is 0 Å². The molecule has 5 aromatic carbocycles. The van der Waals surface area contributed by atoms with E-state index in [1.807, 2.05) is 42.5 Å². The van der Waals surface area contributed by atoms with Crippen molar-refractivity contribution < 1.29 is 5.11 Å². The van der Waals surface area contributed by atoms with Gasteiger partial charge >= 0.3 is 0 Å². The molecule has 0 radical (unpaired) electrons. The van der Waals surface area contributed by atoms with Gasteiger partial charge in [0.15, 0.2) is 0 Å². The summed E-state index contributed by atoms with van der Waals surface area (Å²) in [6.07, 6.45) is 0. The van der Waals surface area contributed by atoms with Crippen LogP contribution >= 0.6 is 0 Å². The third-order valence-electron chi connectivity index (χ3n) is 8.90. The van der Waals surface area contributed by atoms with Crippen LogP contribution in [0.3, 0.4) is 0 Å². The molecule has 42 heavy (non-hydrogen) atoms. The lowest BCUT2D eigenvalue weighted by Crippen LogP contribution is -2.24. The zero-order chi connectivity index (χ0) is 29.5. The van der Waals surface area contributed by atoms with Gasteiger partial charge in [0.2, 0.25) is 0 Å². The molecule has 0 amide bonds. The van der Waals surface area contributed by atoms with Crippen LogP contribution in [0.2, 0.25) is 0 Å². The molecule has 6 aromatic rings. The lowest BCUT2D eigenvalue weighted by atomic mass is 9.72. The topological polar surface area (TPSA) is 50.9 Å². The van der Waals surface area contributed by atoms with Crippen molar-refractivity contribution in [2.75, 3.05) is 0 Å². The highest BCUT2D eigenvalue weighted by Gasteiger charge is 2.32. The first-order chi connectivity index (χ1) is 20.2. The third kappa shape index (κ3) is 4.87. The van der Waals surface area contributed by atoms with Crippen LogP contribution in [0, 0.1) is 0 Å². The molecule has 4 nitrogen and oxygen atoms in total. The minimum Gasteiger partial charge on any atom is -0.505 e. The first kappa shape index (κ1) is 27.5. The van der Waals surface area contributed by atoms with E-state index >= 15 is 0 Å². The van der Waals surface area contributed by atoms with Crippen LogP contribution < -0.4 is 0 Å². The van der Waals surface area contributed by atoms with Gasteiger partial charge in [0.25, 0.3) is 0 Å². The lowest BCUT2D eigenvalue weighted by Gasteiger charge is -2.32. The molecule has 1 aromatic heterocycles. The van der Waals surface area contributed by atoms with Crippen LogP contribution in [-0.2, 0) is 10.8 Å². The molecule has 0 aliphatic heterocycles. The Labute approximate surface area is 248 Å². The third-order valence-corrected chi connectivity index (χ3v) is 8.90. The number of phenols is 1. The van der Waals surface area contributed by atoms with Crippen LogP contribution in [0.1, 0.15) is 73.9 Å². The summed E-state index contributed by atoms with van der Waals surface area (Å²) < 4.78 is 0. The number of aromatic nitrogens is 3. The van der Waals surface area contributed by atoms with Gasteiger partial charge in [-0.1, -0.05) is 138 Å². The average Bonchev–Trinajstić information content (AvgIpc) is 3.45. The Kier molecular flexibility index (Phi) is 6.94. The number of fused-ring (bicyclic) bond motifs is 1. The summed E-state index contributed by atoms with van der Waals surface area (Å²) in [5, 5.41) is 21.7. The van der Waals surface area contributed by atoms with Gasteiger partial charge in [-0.2, -0.15) is 0 Å². The van der Waals surface area contributed by atoms with Crippen LogP contribution in [-0.4, -0.2) is 20.1 Å². The molecule has 0 fully saturated rings. The zero-order valence-electron chi connectivity index (χ0n) is 24.9. The van der Waals surface area contributed by atoms with Crippen molar-refractivity contribution in [2.24, 2.45) is 0 Å². The van der Waals surface area contributed by atoms with E-state index in [9.17, 15) is 5.11 Å². The van der Waals surface area contributed by atoms with Crippen molar-refractivity contribution in [2.45, 2.75) is 51.4 Å². The second-order valence-electron chi connectivity index (χ2n) is 12.2. The highest BCUT2D eigenvalue weighted by atomic mass is 16.3. The Bertz CT molecular complexity index is 1840. The molecule has 1 unspecified atom stereocenters. The fraction of sp³-hybridized carbons (Fsp3) is 0.211. The van der Waals surface area contributed by atoms with Crippen molar-refractivity contribution in [1.82, 2.24) is 15.0 Å². The number of phenolic OH excluding ortho intramolecular Hbond substituents is 1. The quantitative estimate of drug-likeness (QED) is 0.215. The van der Waals surface area contributed by atoms with E-state index in [1.165, 1.54) is 16.7 Å². The molecule has 4 heteroatoms. The van der Waals surface area contributed by atoms with E-state index < -0.39 is 5.41 Å². The molecule has 0 bridgehead atoms. The second-order valence-corrected chi connectivity index (χ2v) is 12.2. The smallest absolute Gasteiger partial charge is 0.147 e. The van der Waals surface area contributed by atoms with Gasteiger partial charge in [0, 0.05) is 22.3 Å². The van der Waals surface area contributed by atoms with E-state index in [2.05, 4.69) is 113 Å². The summed E-state index contributed by atoms with van der Waals surface area (Å²) in [7, 11) is 0. The molecule has 0 saturated carbocycles. The highest BCUT2D eigenvalue weighted by molar-refractivity contribution is 5.75. The molecule has 1 atom stereocenters. The predicted molar refractivity (Wildman–Crippen MR) is 172 cm³/mol. The molecule has 1 heterocycles. The summed E-state index contributed by atoms with van der Waals surface area (Å²) in [4.78, 5) is 1.60.